The van der Waals surface area contributed by atoms with E-state index >= 15 is 0 Å². The monoisotopic (exact) mass is 501 g/mol. The summed E-state index contributed by atoms with van der Waals surface area (Å²) < 4.78 is 12.5. The van der Waals surface area contributed by atoms with Crippen molar-refractivity contribution in [2.24, 2.45) is 0 Å². The first kappa shape index (κ1) is 21.8. The zero-order valence-electron chi connectivity index (χ0n) is 21.0. The molecule has 0 spiro atoms. The summed E-state index contributed by atoms with van der Waals surface area (Å²) >= 11 is 0. The molecule has 0 atom stereocenters. The average molecular weight is 502 g/mol. The SMILES string of the molecule is c1ccc(-c2ccc(Nc3ccc4oc5cccc(-c6cccc7oc8ccccc8c67)c5c4c3)cc2)cc1. The normalized spacial score (nSPS) is 11.6. The first-order valence-electron chi connectivity index (χ1n) is 13.1. The molecule has 0 fully saturated rings. The van der Waals surface area contributed by atoms with Gasteiger partial charge in [-0.3, -0.25) is 0 Å². The van der Waals surface area contributed by atoms with Crippen LogP contribution in [-0.4, -0.2) is 0 Å². The number of nitrogens with one attached hydrogen (secondary N) is 1. The smallest absolute Gasteiger partial charge is 0.136 e. The molecule has 39 heavy (non-hydrogen) atoms. The number of rotatable bonds is 4. The Morgan fingerprint density at radius 3 is 1.69 bits per heavy atom. The summed E-state index contributed by atoms with van der Waals surface area (Å²) in [6.45, 7) is 0. The zero-order valence-corrected chi connectivity index (χ0v) is 21.0. The van der Waals surface area contributed by atoms with E-state index in [2.05, 4.69) is 102 Å². The third-order valence-electron chi connectivity index (χ3n) is 7.47. The molecule has 0 saturated heterocycles. The van der Waals surface area contributed by atoms with E-state index in [0.717, 1.165) is 66.4 Å². The fourth-order valence-electron chi connectivity index (χ4n) is 5.67. The Balaban J connectivity index is 1.25. The Morgan fingerprint density at radius 2 is 0.949 bits per heavy atom. The topological polar surface area (TPSA) is 38.3 Å². The largest absolute Gasteiger partial charge is 0.456 e. The maximum absolute atomic E-state index is 6.31. The van der Waals surface area contributed by atoms with Crippen molar-refractivity contribution in [2.45, 2.75) is 0 Å². The summed E-state index contributed by atoms with van der Waals surface area (Å²) in [5, 5.41) is 8.01. The van der Waals surface area contributed by atoms with Gasteiger partial charge in [-0.1, -0.05) is 84.9 Å². The Morgan fingerprint density at radius 1 is 0.385 bits per heavy atom. The predicted octanol–water partition coefficient (Wildman–Crippen LogP) is 10.6. The highest BCUT2D eigenvalue weighted by molar-refractivity contribution is 6.19. The van der Waals surface area contributed by atoms with Gasteiger partial charge in [-0.2, -0.15) is 0 Å². The first-order chi connectivity index (χ1) is 19.3. The number of para-hydroxylation sites is 1. The molecule has 0 aliphatic heterocycles. The van der Waals surface area contributed by atoms with Crippen LogP contribution in [0, 0.1) is 0 Å². The van der Waals surface area contributed by atoms with Crippen LogP contribution >= 0.6 is 0 Å². The van der Waals surface area contributed by atoms with E-state index in [1.54, 1.807) is 0 Å². The molecule has 0 unspecified atom stereocenters. The third-order valence-corrected chi connectivity index (χ3v) is 7.47. The second-order valence-corrected chi connectivity index (χ2v) is 9.84. The maximum Gasteiger partial charge on any atom is 0.136 e. The standard InChI is InChI=1S/C36H23NO2/c1-2-8-23(9-3-1)24-16-18-25(19-17-24)37-26-20-21-32-30(22-26)36-28(12-7-15-34(36)39-32)27-11-6-14-33-35(27)29-10-4-5-13-31(29)38-33/h1-22,37H. The fourth-order valence-corrected chi connectivity index (χ4v) is 5.67. The number of furan rings is 2. The van der Waals surface area contributed by atoms with Crippen LogP contribution in [0.3, 0.4) is 0 Å². The minimum Gasteiger partial charge on any atom is -0.456 e. The Kier molecular flexibility index (Phi) is 4.82. The van der Waals surface area contributed by atoms with Crippen LogP contribution in [0.5, 0.6) is 0 Å². The van der Waals surface area contributed by atoms with E-state index < -0.39 is 0 Å². The van der Waals surface area contributed by atoms with Crippen molar-refractivity contribution in [3.63, 3.8) is 0 Å². The second kappa shape index (κ2) is 8.64. The van der Waals surface area contributed by atoms with Gasteiger partial charge >= 0.3 is 0 Å². The molecule has 184 valence electrons. The molecule has 0 radical (unpaired) electrons. The minimum absolute atomic E-state index is 0.867. The van der Waals surface area contributed by atoms with Crippen LogP contribution in [0.25, 0.3) is 66.1 Å². The van der Waals surface area contributed by atoms with Crippen molar-refractivity contribution in [2.75, 3.05) is 5.32 Å². The van der Waals surface area contributed by atoms with Gasteiger partial charge in [0.25, 0.3) is 0 Å². The molecule has 2 heterocycles. The average Bonchev–Trinajstić information content (AvgIpc) is 3.56. The summed E-state index contributed by atoms with van der Waals surface area (Å²) in [7, 11) is 0. The van der Waals surface area contributed by atoms with Crippen molar-refractivity contribution in [1.82, 2.24) is 0 Å². The van der Waals surface area contributed by atoms with Gasteiger partial charge in [-0.25, -0.2) is 0 Å². The number of hydrogen-bond donors (Lipinski definition) is 1. The van der Waals surface area contributed by atoms with E-state index in [-0.39, 0.29) is 0 Å². The summed E-state index contributed by atoms with van der Waals surface area (Å²) in [6.07, 6.45) is 0. The number of benzene rings is 6. The summed E-state index contributed by atoms with van der Waals surface area (Å²) in [6, 6.07) is 46.1. The highest BCUT2D eigenvalue weighted by Gasteiger charge is 2.17. The lowest BCUT2D eigenvalue weighted by molar-refractivity contribution is 0.668. The minimum atomic E-state index is 0.867. The van der Waals surface area contributed by atoms with Gasteiger partial charge in [-0.05, 0) is 70.8 Å². The molecule has 0 bridgehead atoms. The second-order valence-electron chi connectivity index (χ2n) is 9.84. The molecular weight excluding hydrogens is 478 g/mol. The highest BCUT2D eigenvalue weighted by atomic mass is 16.3. The highest BCUT2D eigenvalue weighted by Crippen LogP contribution is 2.42. The summed E-state index contributed by atoms with van der Waals surface area (Å²) in [4.78, 5) is 0. The van der Waals surface area contributed by atoms with Crippen LogP contribution in [0.1, 0.15) is 0 Å². The van der Waals surface area contributed by atoms with Crippen LogP contribution in [0.4, 0.5) is 11.4 Å². The molecule has 3 nitrogen and oxygen atoms in total. The Labute approximate surface area is 224 Å². The van der Waals surface area contributed by atoms with E-state index in [9.17, 15) is 0 Å². The first-order valence-corrected chi connectivity index (χ1v) is 13.1. The van der Waals surface area contributed by atoms with E-state index in [4.69, 9.17) is 8.83 Å². The van der Waals surface area contributed by atoms with Crippen molar-refractivity contribution >= 4 is 55.3 Å². The lowest BCUT2D eigenvalue weighted by Crippen LogP contribution is -1.90. The van der Waals surface area contributed by atoms with Crippen LogP contribution < -0.4 is 5.32 Å². The van der Waals surface area contributed by atoms with Gasteiger partial charge in [0.2, 0.25) is 0 Å². The zero-order chi connectivity index (χ0) is 25.8. The van der Waals surface area contributed by atoms with Crippen molar-refractivity contribution < 1.29 is 8.83 Å². The lowest BCUT2D eigenvalue weighted by atomic mass is 9.95. The van der Waals surface area contributed by atoms with Gasteiger partial charge in [-0.15, -0.1) is 0 Å². The molecule has 0 aliphatic rings. The molecule has 2 aromatic heterocycles. The van der Waals surface area contributed by atoms with Gasteiger partial charge < -0.3 is 14.2 Å². The third kappa shape index (κ3) is 3.59. The van der Waals surface area contributed by atoms with E-state index in [0.29, 0.717) is 0 Å². The molecule has 0 aliphatic carbocycles. The van der Waals surface area contributed by atoms with Crippen molar-refractivity contribution in [3.8, 4) is 22.3 Å². The maximum atomic E-state index is 6.31. The fraction of sp³-hybridized carbons (Fsp3) is 0. The van der Waals surface area contributed by atoms with E-state index in [1.165, 1.54) is 11.1 Å². The van der Waals surface area contributed by atoms with Gasteiger partial charge in [0, 0.05) is 32.9 Å². The summed E-state index contributed by atoms with van der Waals surface area (Å²) in [5.41, 5.74) is 10.3. The molecule has 1 N–H and O–H groups in total. The van der Waals surface area contributed by atoms with Crippen LogP contribution in [0.15, 0.2) is 142 Å². The van der Waals surface area contributed by atoms with Crippen LogP contribution in [0.2, 0.25) is 0 Å². The predicted molar refractivity (Wildman–Crippen MR) is 162 cm³/mol. The lowest BCUT2D eigenvalue weighted by Gasteiger charge is -2.09. The van der Waals surface area contributed by atoms with Crippen LogP contribution in [-0.2, 0) is 0 Å². The molecule has 3 heteroatoms. The van der Waals surface area contributed by atoms with Gasteiger partial charge in [0.15, 0.2) is 0 Å². The molecule has 0 amide bonds. The molecule has 6 aromatic carbocycles. The number of fused-ring (bicyclic) bond motifs is 6. The Hall–Kier alpha value is -5.28. The summed E-state index contributed by atoms with van der Waals surface area (Å²) in [5.74, 6) is 0. The molecular formula is C36H23NO2. The molecule has 0 saturated carbocycles. The van der Waals surface area contributed by atoms with Crippen molar-refractivity contribution in [1.29, 1.82) is 0 Å². The number of anilines is 2. The van der Waals surface area contributed by atoms with Gasteiger partial charge in [0.1, 0.15) is 22.3 Å². The Bertz CT molecular complexity index is 2130. The quantitative estimate of drug-likeness (QED) is 0.261. The van der Waals surface area contributed by atoms with Crippen molar-refractivity contribution in [3.05, 3.63) is 133 Å². The number of hydrogen-bond acceptors (Lipinski definition) is 3. The molecule has 8 aromatic rings. The molecule has 8 rings (SSSR count). The van der Waals surface area contributed by atoms with Gasteiger partial charge in [0.05, 0.1) is 0 Å². The van der Waals surface area contributed by atoms with E-state index in [1.807, 2.05) is 36.4 Å².